The number of benzene rings is 1. The van der Waals surface area contributed by atoms with Crippen LogP contribution in [0.1, 0.15) is 38.7 Å². The molecule has 1 saturated heterocycles. The molecule has 0 unspecified atom stereocenters. The van der Waals surface area contributed by atoms with Gasteiger partial charge in [-0.05, 0) is 49.3 Å². The third-order valence-electron chi connectivity index (χ3n) is 3.86. The van der Waals surface area contributed by atoms with Crippen molar-refractivity contribution in [3.63, 3.8) is 0 Å². The molecule has 23 heavy (non-hydrogen) atoms. The number of hydrogen-bond acceptors (Lipinski definition) is 2. The summed E-state index contributed by atoms with van der Waals surface area (Å²) in [6.07, 6.45) is 4.69. The van der Waals surface area contributed by atoms with Gasteiger partial charge in [0.2, 0.25) is 0 Å². The van der Waals surface area contributed by atoms with Gasteiger partial charge in [0.15, 0.2) is 5.96 Å². The second-order valence-electron chi connectivity index (χ2n) is 6.39. The van der Waals surface area contributed by atoms with Crippen molar-refractivity contribution >= 4 is 29.9 Å². The Morgan fingerprint density at radius 3 is 2.43 bits per heavy atom. The van der Waals surface area contributed by atoms with E-state index >= 15 is 0 Å². The standard InChI is InChI=1S/C18H29N3O.HI/c1-15(2)14-22-17-8-6-16(7-9-17)10-11-20-18(19)21-12-4-3-5-13-21;/h6-9,15H,3-5,10-14H2,1-2H3,(H2,19,20);1H. The monoisotopic (exact) mass is 431 g/mol. The fourth-order valence-electron chi connectivity index (χ4n) is 2.54. The molecule has 0 atom stereocenters. The smallest absolute Gasteiger partial charge is 0.191 e. The molecule has 1 aliphatic rings. The normalized spacial score (nSPS) is 15.4. The Kier molecular flexibility index (Phi) is 9.36. The van der Waals surface area contributed by atoms with Crippen LogP contribution in [0.25, 0.3) is 0 Å². The van der Waals surface area contributed by atoms with E-state index in [0.29, 0.717) is 11.9 Å². The highest BCUT2D eigenvalue weighted by Gasteiger charge is 2.11. The molecule has 4 nitrogen and oxygen atoms in total. The fraction of sp³-hybridized carbons (Fsp3) is 0.611. The molecule has 1 fully saturated rings. The van der Waals surface area contributed by atoms with E-state index in [4.69, 9.17) is 10.5 Å². The van der Waals surface area contributed by atoms with E-state index in [0.717, 1.165) is 38.4 Å². The number of rotatable bonds is 6. The van der Waals surface area contributed by atoms with Crippen molar-refractivity contribution in [3.8, 4) is 5.75 Å². The quantitative estimate of drug-likeness (QED) is 0.425. The number of nitrogens with two attached hydrogens (primary N) is 1. The number of piperidine rings is 1. The minimum absolute atomic E-state index is 0. The maximum Gasteiger partial charge on any atom is 0.191 e. The lowest BCUT2D eigenvalue weighted by molar-refractivity contribution is 0.271. The molecule has 0 saturated carbocycles. The van der Waals surface area contributed by atoms with Gasteiger partial charge in [0.25, 0.3) is 0 Å². The van der Waals surface area contributed by atoms with Crippen molar-refractivity contribution in [1.29, 1.82) is 0 Å². The van der Waals surface area contributed by atoms with Crippen LogP contribution in [0.5, 0.6) is 5.75 Å². The molecule has 2 N–H and O–H groups in total. The summed E-state index contributed by atoms with van der Waals surface area (Å²) in [5.41, 5.74) is 7.33. The maximum absolute atomic E-state index is 6.06. The zero-order valence-corrected chi connectivity index (χ0v) is 16.7. The number of hydrogen-bond donors (Lipinski definition) is 1. The zero-order chi connectivity index (χ0) is 15.8. The van der Waals surface area contributed by atoms with Gasteiger partial charge in [-0.25, -0.2) is 0 Å². The summed E-state index contributed by atoms with van der Waals surface area (Å²) in [6.45, 7) is 7.91. The molecule has 1 aromatic rings. The second-order valence-corrected chi connectivity index (χ2v) is 6.39. The molecule has 0 bridgehead atoms. The third kappa shape index (κ3) is 7.42. The van der Waals surface area contributed by atoms with Crippen LogP contribution in [0.4, 0.5) is 0 Å². The summed E-state index contributed by atoms with van der Waals surface area (Å²) < 4.78 is 5.69. The molecular formula is C18H30IN3O. The lowest BCUT2D eigenvalue weighted by atomic mass is 10.1. The van der Waals surface area contributed by atoms with Crippen molar-refractivity contribution in [2.45, 2.75) is 39.5 Å². The Morgan fingerprint density at radius 1 is 1.17 bits per heavy atom. The number of aliphatic imine (C=N–C) groups is 1. The van der Waals surface area contributed by atoms with Crippen molar-refractivity contribution in [1.82, 2.24) is 4.90 Å². The molecule has 0 amide bonds. The number of guanidine groups is 1. The largest absolute Gasteiger partial charge is 0.493 e. The molecule has 130 valence electrons. The van der Waals surface area contributed by atoms with Crippen molar-refractivity contribution in [2.75, 3.05) is 26.2 Å². The van der Waals surface area contributed by atoms with Crippen LogP contribution >= 0.6 is 24.0 Å². The average molecular weight is 431 g/mol. The molecule has 1 aliphatic heterocycles. The summed E-state index contributed by atoms with van der Waals surface area (Å²) in [4.78, 5) is 6.71. The molecule has 5 heteroatoms. The summed E-state index contributed by atoms with van der Waals surface area (Å²) >= 11 is 0. The van der Waals surface area contributed by atoms with Gasteiger partial charge in [0.1, 0.15) is 5.75 Å². The van der Waals surface area contributed by atoms with E-state index in [1.165, 1.54) is 24.8 Å². The molecule has 1 heterocycles. The summed E-state index contributed by atoms with van der Waals surface area (Å²) in [6, 6.07) is 8.30. The first kappa shape index (κ1) is 20.1. The third-order valence-corrected chi connectivity index (χ3v) is 3.86. The Bertz CT molecular complexity index is 468. The van der Waals surface area contributed by atoms with Gasteiger partial charge >= 0.3 is 0 Å². The Morgan fingerprint density at radius 2 is 1.83 bits per heavy atom. The molecule has 0 spiro atoms. The van der Waals surface area contributed by atoms with E-state index in [9.17, 15) is 0 Å². The minimum Gasteiger partial charge on any atom is -0.493 e. The highest BCUT2D eigenvalue weighted by atomic mass is 127. The number of ether oxygens (including phenoxy) is 1. The van der Waals surface area contributed by atoms with Gasteiger partial charge in [-0.2, -0.15) is 0 Å². The van der Waals surface area contributed by atoms with E-state index < -0.39 is 0 Å². The van der Waals surface area contributed by atoms with Crippen molar-refractivity contribution in [2.24, 2.45) is 16.6 Å². The van der Waals surface area contributed by atoms with Gasteiger partial charge in [0.05, 0.1) is 6.61 Å². The topological polar surface area (TPSA) is 50.9 Å². The van der Waals surface area contributed by atoms with E-state index in [1.807, 2.05) is 12.1 Å². The number of halogens is 1. The van der Waals surface area contributed by atoms with E-state index in [2.05, 4.69) is 35.9 Å². The van der Waals surface area contributed by atoms with Crippen LogP contribution in [0.3, 0.4) is 0 Å². The van der Waals surface area contributed by atoms with Crippen LogP contribution in [0.15, 0.2) is 29.3 Å². The molecule has 1 aromatic carbocycles. The summed E-state index contributed by atoms with van der Waals surface area (Å²) in [5, 5.41) is 0. The molecule has 0 aliphatic carbocycles. The van der Waals surface area contributed by atoms with Gasteiger partial charge in [0, 0.05) is 19.6 Å². The van der Waals surface area contributed by atoms with Crippen LogP contribution < -0.4 is 10.5 Å². The average Bonchev–Trinajstić information content (AvgIpc) is 2.55. The molecule has 0 radical (unpaired) electrons. The van der Waals surface area contributed by atoms with Crippen LogP contribution in [-0.4, -0.2) is 37.1 Å². The minimum atomic E-state index is 0. The van der Waals surface area contributed by atoms with Crippen LogP contribution in [-0.2, 0) is 6.42 Å². The predicted molar refractivity (Wildman–Crippen MR) is 108 cm³/mol. The van der Waals surface area contributed by atoms with Crippen molar-refractivity contribution < 1.29 is 4.74 Å². The zero-order valence-electron chi connectivity index (χ0n) is 14.3. The maximum atomic E-state index is 6.06. The fourth-order valence-corrected chi connectivity index (χ4v) is 2.54. The van der Waals surface area contributed by atoms with Gasteiger partial charge in [-0.15, -0.1) is 24.0 Å². The molecular weight excluding hydrogens is 401 g/mol. The first-order valence-corrected chi connectivity index (χ1v) is 8.42. The molecule has 2 rings (SSSR count). The van der Waals surface area contributed by atoms with Crippen molar-refractivity contribution in [3.05, 3.63) is 29.8 Å². The first-order valence-electron chi connectivity index (χ1n) is 8.42. The second kappa shape index (κ2) is 10.7. The SMILES string of the molecule is CC(C)COc1ccc(CCN=C(N)N2CCCCC2)cc1.I. The van der Waals surface area contributed by atoms with Crippen LogP contribution in [0, 0.1) is 5.92 Å². The lowest BCUT2D eigenvalue weighted by Crippen LogP contribution is -2.41. The first-order chi connectivity index (χ1) is 10.6. The predicted octanol–water partition coefficient (Wildman–Crippen LogP) is 3.68. The highest BCUT2D eigenvalue weighted by Crippen LogP contribution is 2.14. The number of nitrogens with zero attached hydrogens (tertiary/aromatic N) is 2. The van der Waals surface area contributed by atoms with Gasteiger partial charge in [-0.1, -0.05) is 26.0 Å². The van der Waals surface area contributed by atoms with Gasteiger partial charge < -0.3 is 15.4 Å². The summed E-state index contributed by atoms with van der Waals surface area (Å²) in [5.74, 6) is 2.19. The Balaban J connectivity index is 0.00000264. The summed E-state index contributed by atoms with van der Waals surface area (Å²) in [7, 11) is 0. The lowest BCUT2D eigenvalue weighted by Gasteiger charge is -2.27. The number of likely N-dealkylation sites (tertiary alicyclic amines) is 1. The Hall–Kier alpha value is -0.980. The van der Waals surface area contributed by atoms with E-state index in [1.54, 1.807) is 0 Å². The Labute approximate surface area is 157 Å². The van der Waals surface area contributed by atoms with Gasteiger partial charge in [-0.3, -0.25) is 4.99 Å². The van der Waals surface area contributed by atoms with Crippen LogP contribution in [0.2, 0.25) is 0 Å². The molecule has 0 aromatic heterocycles. The highest BCUT2D eigenvalue weighted by molar-refractivity contribution is 14.0. The van der Waals surface area contributed by atoms with E-state index in [-0.39, 0.29) is 24.0 Å².